The Balaban J connectivity index is 2.19. The highest BCUT2D eigenvalue weighted by atomic mass is 16.5. The van der Waals surface area contributed by atoms with E-state index in [4.69, 9.17) is 15.6 Å². The van der Waals surface area contributed by atoms with E-state index in [-0.39, 0.29) is 0 Å². The van der Waals surface area contributed by atoms with E-state index in [2.05, 4.69) is 0 Å². The minimum Gasteiger partial charge on any atom is -0.495 e. The van der Waals surface area contributed by atoms with Crippen molar-refractivity contribution in [3.63, 3.8) is 0 Å². The van der Waals surface area contributed by atoms with Gasteiger partial charge >= 0.3 is 5.97 Å². The van der Waals surface area contributed by atoms with Gasteiger partial charge < -0.3 is 20.1 Å². The Kier molecular flexibility index (Phi) is 4.10. The maximum Gasteiger partial charge on any atom is 0.320 e. The van der Waals surface area contributed by atoms with Crippen LogP contribution in [0, 0.1) is 6.92 Å². The lowest BCUT2D eigenvalue weighted by Crippen LogP contribution is -2.32. The third-order valence-corrected chi connectivity index (χ3v) is 3.30. The molecule has 1 aromatic carbocycles. The van der Waals surface area contributed by atoms with E-state index in [0.717, 1.165) is 22.7 Å². The zero-order chi connectivity index (χ0) is 14.7. The molecule has 0 saturated heterocycles. The Labute approximate surface area is 117 Å². The molecule has 1 aromatic heterocycles. The van der Waals surface area contributed by atoms with Crippen molar-refractivity contribution in [3.05, 3.63) is 47.8 Å². The molecule has 0 unspecified atom stereocenters. The van der Waals surface area contributed by atoms with Crippen LogP contribution in [-0.4, -0.2) is 28.8 Å². The van der Waals surface area contributed by atoms with Crippen molar-refractivity contribution in [1.82, 2.24) is 4.57 Å². The van der Waals surface area contributed by atoms with Gasteiger partial charge in [-0.1, -0.05) is 12.1 Å². The fourth-order valence-electron chi connectivity index (χ4n) is 2.12. The lowest BCUT2D eigenvalue weighted by Gasteiger charge is -2.10. The van der Waals surface area contributed by atoms with E-state index in [1.165, 1.54) is 0 Å². The fraction of sp³-hybridized carbons (Fsp3) is 0.267. The van der Waals surface area contributed by atoms with Gasteiger partial charge in [-0.3, -0.25) is 4.79 Å². The van der Waals surface area contributed by atoms with Gasteiger partial charge in [0.25, 0.3) is 0 Å². The first kappa shape index (κ1) is 14.1. The molecule has 0 fully saturated rings. The molecule has 106 valence electrons. The number of hydrogen-bond acceptors (Lipinski definition) is 3. The third kappa shape index (κ3) is 2.83. The minimum absolute atomic E-state index is 0.323. The van der Waals surface area contributed by atoms with Gasteiger partial charge in [0.1, 0.15) is 11.8 Å². The van der Waals surface area contributed by atoms with Gasteiger partial charge in [0, 0.05) is 11.9 Å². The maximum atomic E-state index is 10.7. The normalized spacial score (nSPS) is 12.2. The molecule has 20 heavy (non-hydrogen) atoms. The number of rotatable bonds is 5. The van der Waals surface area contributed by atoms with Crippen molar-refractivity contribution >= 4 is 5.97 Å². The second kappa shape index (κ2) is 5.79. The van der Waals surface area contributed by atoms with Crippen molar-refractivity contribution in [3.8, 4) is 11.4 Å². The Morgan fingerprint density at radius 3 is 2.50 bits per heavy atom. The lowest BCUT2D eigenvalue weighted by atomic mass is 10.1. The summed E-state index contributed by atoms with van der Waals surface area (Å²) in [6.45, 7) is 1.98. The van der Waals surface area contributed by atoms with E-state index < -0.39 is 12.0 Å². The monoisotopic (exact) mass is 274 g/mol. The molecule has 5 heteroatoms. The molecule has 5 nitrogen and oxygen atoms in total. The number of aliphatic carboxylic acids is 1. The lowest BCUT2D eigenvalue weighted by molar-refractivity contribution is -0.138. The number of carbonyl (C=O) groups is 1. The highest BCUT2D eigenvalue weighted by molar-refractivity contribution is 5.73. The number of nitrogens with two attached hydrogens (primary N) is 1. The summed E-state index contributed by atoms with van der Waals surface area (Å²) in [6.07, 6.45) is 2.26. The van der Waals surface area contributed by atoms with Crippen molar-refractivity contribution in [2.24, 2.45) is 5.73 Å². The predicted molar refractivity (Wildman–Crippen MR) is 76.4 cm³/mol. The fourth-order valence-corrected chi connectivity index (χ4v) is 2.12. The van der Waals surface area contributed by atoms with Crippen molar-refractivity contribution in [2.75, 3.05) is 7.11 Å². The molecule has 1 heterocycles. The molecule has 0 aliphatic rings. The summed E-state index contributed by atoms with van der Waals surface area (Å²) in [5, 5.41) is 8.80. The van der Waals surface area contributed by atoms with E-state index >= 15 is 0 Å². The molecule has 2 aromatic rings. The van der Waals surface area contributed by atoms with Gasteiger partial charge in [-0.2, -0.15) is 0 Å². The summed E-state index contributed by atoms with van der Waals surface area (Å²) in [7, 11) is 1.64. The van der Waals surface area contributed by atoms with Crippen LogP contribution in [-0.2, 0) is 11.2 Å². The van der Waals surface area contributed by atoms with E-state index in [1.54, 1.807) is 7.11 Å². The summed E-state index contributed by atoms with van der Waals surface area (Å²) in [6, 6.07) is 8.71. The van der Waals surface area contributed by atoms with Gasteiger partial charge in [-0.05, 0) is 37.1 Å². The molecule has 0 amide bonds. The smallest absolute Gasteiger partial charge is 0.320 e. The summed E-state index contributed by atoms with van der Waals surface area (Å²) in [5.41, 5.74) is 8.44. The highest BCUT2D eigenvalue weighted by Crippen LogP contribution is 2.22. The number of methoxy groups -OCH3 is 1. The number of carboxylic acid groups (broad SMARTS) is 1. The number of aromatic nitrogens is 1. The number of ether oxygens (including phenoxy) is 1. The van der Waals surface area contributed by atoms with E-state index in [0.29, 0.717) is 6.42 Å². The summed E-state index contributed by atoms with van der Waals surface area (Å²) < 4.78 is 7.26. The van der Waals surface area contributed by atoms with Crippen LogP contribution < -0.4 is 10.5 Å². The van der Waals surface area contributed by atoms with Crippen molar-refractivity contribution < 1.29 is 14.6 Å². The zero-order valence-electron chi connectivity index (χ0n) is 11.5. The second-order valence-corrected chi connectivity index (χ2v) is 4.65. The Hall–Kier alpha value is -2.27. The summed E-state index contributed by atoms with van der Waals surface area (Å²) in [4.78, 5) is 10.7. The molecule has 0 spiro atoms. The number of hydrogen-bond donors (Lipinski definition) is 2. The molecule has 0 saturated carbocycles. The van der Waals surface area contributed by atoms with Crippen LogP contribution in [0.2, 0.25) is 0 Å². The van der Waals surface area contributed by atoms with Crippen LogP contribution >= 0.6 is 0 Å². The topological polar surface area (TPSA) is 77.5 Å². The standard InChI is InChI=1S/C15H18N2O3/c1-10-14(20-2)7-8-17(10)12-5-3-11(4-6-12)9-13(16)15(18)19/h3-8,13H,9,16H2,1-2H3,(H,18,19)/t13-/m0/s1. The minimum atomic E-state index is -0.986. The van der Waals surface area contributed by atoms with Crippen LogP contribution in [0.25, 0.3) is 5.69 Å². The third-order valence-electron chi connectivity index (χ3n) is 3.30. The van der Waals surface area contributed by atoms with Gasteiger partial charge in [0.05, 0.1) is 12.8 Å². The van der Waals surface area contributed by atoms with Crippen LogP contribution in [0.1, 0.15) is 11.3 Å². The highest BCUT2D eigenvalue weighted by Gasteiger charge is 2.12. The predicted octanol–water partition coefficient (Wildman–Crippen LogP) is 1.75. The van der Waals surface area contributed by atoms with E-state index in [1.807, 2.05) is 48.0 Å². The zero-order valence-corrected chi connectivity index (χ0v) is 11.5. The maximum absolute atomic E-state index is 10.7. The van der Waals surface area contributed by atoms with Gasteiger partial charge in [-0.25, -0.2) is 0 Å². The molecular weight excluding hydrogens is 256 g/mol. The van der Waals surface area contributed by atoms with Crippen LogP contribution in [0.4, 0.5) is 0 Å². The van der Waals surface area contributed by atoms with E-state index in [9.17, 15) is 4.79 Å². The molecule has 0 bridgehead atoms. The average molecular weight is 274 g/mol. The molecule has 0 aliphatic carbocycles. The average Bonchev–Trinajstić information content (AvgIpc) is 2.80. The molecule has 0 radical (unpaired) electrons. The first-order chi connectivity index (χ1) is 9.52. The quantitative estimate of drug-likeness (QED) is 0.870. The number of carboxylic acids is 1. The summed E-state index contributed by atoms with van der Waals surface area (Å²) >= 11 is 0. The van der Waals surface area contributed by atoms with Crippen LogP contribution in [0.5, 0.6) is 5.75 Å². The first-order valence-electron chi connectivity index (χ1n) is 6.32. The van der Waals surface area contributed by atoms with Gasteiger partial charge in [-0.15, -0.1) is 0 Å². The Morgan fingerprint density at radius 1 is 1.35 bits per heavy atom. The van der Waals surface area contributed by atoms with Crippen molar-refractivity contribution in [1.29, 1.82) is 0 Å². The SMILES string of the molecule is COc1ccn(-c2ccc(C[C@H](N)C(=O)O)cc2)c1C. The van der Waals surface area contributed by atoms with Crippen LogP contribution in [0.3, 0.4) is 0 Å². The molecule has 3 N–H and O–H groups in total. The second-order valence-electron chi connectivity index (χ2n) is 4.65. The Bertz CT molecular complexity index is 602. The Morgan fingerprint density at radius 2 is 2.00 bits per heavy atom. The van der Waals surface area contributed by atoms with Gasteiger partial charge in [0.2, 0.25) is 0 Å². The molecular formula is C15H18N2O3. The summed E-state index contributed by atoms with van der Waals surface area (Å²) in [5.74, 6) is -0.151. The first-order valence-corrected chi connectivity index (χ1v) is 6.32. The molecule has 0 aliphatic heterocycles. The number of nitrogens with zero attached hydrogens (tertiary/aromatic N) is 1. The number of benzene rings is 1. The molecule has 1 atom stereocenters. The van der Waals surface area contributed by atoms with Gasteiger partial charge in [0.15, 0.2) is 0 Å². The van der Waals surface area contributed by atoms with Crippen LogP contribution in [0.15, 0.2) is 36.5 Å². The van der Waals surface area contributed by atoms with Crippen molar-refractivity contribution in [2.45, 2.75) is 19.4 Å². The largest absolute Gasteiger partial charge is 0.495 e. The molecule has 2 rings (SSSR count).